The molecule has 1 aliphatic carbocycles. The first-order chi connectivity index (χ1) is 7.57. The van der Waals surface area contributed by atoms with Gasteiger partial charge in [0.2, 0.25) is 0 Å². The number of halogens is 1. The van der Waals surface area contributed by atoms with Gasteiger partial charge >= 0.3 is 0 Å². The lowest BCUT2D eigenvalue weighted by Crippen LogP contribution is -2.46. The number of rotatable bonds is 4. The fourth-order valence-electron chi connectivity index (χ4n) is 2.57. The van der Waals surface area contributed by atoms with E-state index in [9.17, 15) is 0 Å². The van der Waals surface area contributed by atoms with Crippen LogP contribution in [-0.2, 0) is 6.54 Å². The molecule has 0 atom stereocenters. The third-order valence-corrected chi connectivity index (χ3v) is 4.81. The summed E-state index contributed by atoms with van der Waals surface area (Å²) in [5.74, 6) is 0. The Morgan fingerprint density at radius 2 is 2.19 bits per heavy atom. The van der Waals surface area contributed by atoms with Crippen molar-refractivity contribution in [1.29, 1.82) is 0 Å². The molecular formula is C12H19BrN2S. The van der Waals surface area contributed by atoms with E-state index < -0.39 is 0 Å². The fraction of sp³-hybridized carbons (Fsp3) is 0.667. The summed E-state index contributed by atoms with van der Waals surface area (Å²) < 4.78 is 1.21. The Morgan fingerprint density at radius 1 is 1.50 bits per heavy atom. The summed E-state index contributed by atoms with van der Waals surface area (Å²) >= 11 is 5.24. The predicted molar refractivity (Wildman–Crippen MR) is 73.7 cm³/mol. The molecule has 1 aliphatic rings. The van der Waals surface area contributed by atoms with Crippen LogP contribution in [0.25, 0.3) is 0 Å². The molecule has 0 spiro atoms. The summed E-state index contributed by atoms with van der Waals surface area (Å²) in [6.07, 6.45) is 4.97. The highest BCUT2D eigenvalue weighted by atomic mass is 79.9. The van der Waals surface area contributed by atoms with Crippen molar-refractivity contribution < 1.29 is 0 Å². The molecule has 0 saturated heterocycles. The van der Waals surface area contributed by atoms with E-state index in [0.29, 0.717) is 0 Å². The van der Waals surface area contributed by atoms with Crippen LogP contribution in [0.1, 0.15) is 31.2 Å². The highest BCUT2D eigenvalue weighted by molar-refractivity contribution is 9.11. The Kier molecular flexibility index (Phi) is 4.06. The minimum atomic E-state index is 0.0714. The SMILES string of the molecule is CN(Cc1csc(Br)c1)CC1(N)CCCC1. The summed E-state index contributed by atoms with van der Waals surface area (Å²) in [6, 6.07) is 2.19. The van der Waals surface area contributed by atoms with E-state index >= 15 is 0 Å². The Balaban J connectivity index is 1.86. The molecule has 0 aromatic carbocycles. The van der Waals surface area contributed by atoms with Crippen LogP contribution in [0.2, 0.25) is 0 Å². The standard InChI is InChI=1S/C12H19BrN2S/c1-15(7-10-6-11(13)16-8-10)9-12(14)4-2-3-5-12/h6,8H,2-5,7,9,14H2,1H3. The summed E-state index contributed by atoms with van der Waals surface area (Å²) in [5.41, 5.74) is 7.82. The molecule has 1 saturated carbocycles. The molecule has 2 rings (SSSR count). The third kappa shape index (κ3) is 3.29. The van der Waals surface area contributed by atoms with E-state index in [1.165, 1.54) is 35.0 Å². The van der Waals surface area contributed by atoms with Crippen molar-refractivity contribution in [2.24, 2.45) is 5.73 Å². The first kappa shape index (κ1) is 12.6. The minimum absolute atomic E-state index is 0.0714. The third-order valence-electron chi connectivity index (χ3n) is 3.26. The predicted octanol–water partition coefficient (Wildman–Crippen LogP) is 3.21. The van der Waals surface area contributed by atoms with E-state index in [-0.39, 0.29) is 5.54 Å². The van der Waals surface area contributed by atoms with Gasteiger partial charge in [-0.1, -0.05) is 12.8 Å². The van der Waals surface area contributed by atoms with E-state index in [1.54, 1.807) is 11.3 Å². The Labute approximate surface area is 110 Å². The van der Waals surface area contributed by atoms with Crippen LogP contribution in [-0.4, -0.2) is 24.0 Å². The number of hydrogen-bond donors (Lipinski definition) is 1. The Bertz CT molecular complexity index is 345. The second-order valence-electron chi connectivity index (χ2n) is 5.00. The smallest absolute Gasteiger partial charge is 0.0701 e. The zero-order valence-corrected chi connectivity index (χ0v) is 12.1. The van der Waals surface area contributed by atoms with Gasteiger partial charge < -0.3 is 10.6 Å². The maximum Gasteiger partial charge on any atom is 0.0701 e. The summed E-state index contributed by atoms with van der Waals surface area (Å²) in [6.45, 7) is 2.02. The Morgan fingerprint density at radius 3 is 2.75 bits per heavy atom. The zero-order valence-electron chi connectivity index (χ0n) is 9.71. The van der Waals surface area contributed by atoms with Crippen molar-refractivity contribution in [3.8, 4) is 0 Å². The molecule has 2 N–H and O–H groups in total. The fourth-order valence-corrected chi connectivity index (χ4v) is 3.77. The quantitative estimate of drug-likeness (QED) is 0.925. The van der Waals surface area contributed by atoms with Gasteiger partial charge in [-0.15, -0.1) is 11.3 Å². The monoisotopic (exact) mass is 302 g/mol. The molecule has 2 nitrogen and oxygen atoms in total. The molecule has 0 unspecified atom stereocenters. The second kappa shape index (κ2) is 5.17. The molecule has 1 aromatic rings. The van der Waals surface area contributed by atoms with Crippen LogP contribution in [0.5, 0.6) is 0 Å². The number of likely N-dealkylation sites (N-methyl/N-ethyl adjacent to an activating group) is 1. The molecule has 1 heterocycles. The second-order valence-corrected chi connectivity index (χ2v) is 7.29. The molecule has 0 aliphatic heterocycles. The van der Waals surface area contributed by atoms with Crippen LogP contribution < -0.4 is 5.73 Å². The molecule has 1 aromatic heterocycles. The summed E-state index contributed by atoms with van der Waals surface area (Å²) in [5, 5.41) is 2.21. The highest BCUT2D eigenvalue weighted by Crippen LogP contribution is 2.28. The average molecular weight is 303 g/mol. The molecule has 0 amide bonds. The molecule has 0 bridgehead atoms. The van der Waals surface area contributed by atoms with Crippen molar-refractivity contribution in [2.45, 2.75) is 37.8 Å². The summed E-state index contributed by atoms with van der Waals surface area (Å²) in [7, 11) is 2.17. The number of nitrogens with zero attached hydrogens (tertiary/aromatic N) is 1. The largest absolute Gasteiger partial charge is 0.324 e. The van der Waals surface area contributed by atoms with Crippen molar-refractivity contribution in [3.63, 3.8) is 0 Å². The average Bonchev–Trinajstić information content (AvgIpc) is 2.75. The van der Waals surface area contributed by atoms with Crippen LogP contribution >= 0.6 is 27.3 Å². The van der Waals surface area contributed by atoms with E-state index in [1.807, 2.05) is 0 Å². The number of thiophene rings is 1. The lowest BCUT2D eigenvalue weighted by atomic mass is 9.98. The lowest BCUT2D eigenvalue weighted by Gasteiger charge is -2.29. The van der Waals surface area contributed by atoms with Gasteiger partial charge in [0.25, 0.3) is 0 Å². The first-order valence-corrected chi connectivity index (χ1v) is 7.45. The van der Waals surface area contributed by atoms with Crippen molar-refractivity contribution >= 4 is 27.3 Å². The van der Waals surface area contributed by atoms with Gasteiger partial charge in [-0.3, -0.25) is 0 Å². The van der Waals surface area contributed by atoms with Gasteiger partial charge in [0.05, 0.1) is 3.79 Å². The van der Waals surface area contributed by atoms with Crippen LogP contribution in [0.3, 0.4) is 0 Å². The van der Waals surface area contributed by atoms with Gasteiger partial charge in [0.1, 0.15) is 0 Å². The van der Waals surface area contributed by atoms with Crippen molar-refractivity contribution in [3.05, 3.63) is 20.8 Å². The van der Waals surface area contributed by atoms with E-state index in [0.717, 1.165) is 13.1 Å². The van der Waals surface area contributed by atoms with Crippen LogP contribution in [0.15, 0.2) is 15.2 Å². The lowest BCUT2D eigenvalue weighted by molar-refractivity contribution is 0.241. The number of nitrogens with two attached hydrogens (primary N) is 1. The van der Waals surface area contributed by atoms with Crippen molar-refractivity contribution in [2.75, 3.05) is 13.6 Å². The normalized spacial score (nSPS) is 19.5. The maximum atomic E-state index is 6.37. The minimum Gasteiger partial charge on any atom is -0.324 e. The zero-order chi connectivity index (χ0) is 11.6. The van der Waals surface area contributed by atoms with Gasteiger partial charge in [-0.05, 0) is 52.8 Å². The van der Waals surface area contributed by atoms with Crippen LogP contribution in [0, 0.1) is 0 Å². The van der Waals surface area contributed by atoms with Gasteiger partial charge in [0.15, 0.2) is 0 Å². The molecular weight excluding hydrogens is 284 g/mol. The molecule has 16 heavy (non-hydrogen) atoms. The van der Waals surface area contributed by atoms with Gasteiger partial charge in [0, 0.05) is 18.6 Å². The molecule has 1 fully saturated rings. The molecule has 90 valence electrons. The van der Waals surface area contributed by atoms with Crippen LogP contribution in [0.4, 0.5) is 0 Å². The molecule has 0 radical (unpaired) electrons. The van der Waals surface area contributed by atoms with Gasteiger partial charge in [-0.25, -0.2) is 0 Å². The topological polar surface area (TPSA) is 29.3 Å². The van der Waals surface area contributed by atoms with E-state index in [4.69, 9.17) is 5.73 Å². The Hall–Kier alpha value is 0.1000. The number of hydrogen-bond acceptors (Lipinski definition) is 3. The van der Waals surface area contributed by atoms with E-state index in [2.05, 4.69) is 39.3 Å². The maximum absolute atomic E-state index is 6.37. The van der Waals surface area contributed by atoms with Gasteiger partial charge in [-0.2, -0.15) is 0 Å². The summed E-state index contributed by atoms with van der Waals surface area (Å²) in [4.78, 5) is 2.35. The molecule has 4 heteroatoms. The first-order valence-electron chi connectivity index (χ1n) is 5.78. The van der Waals surface area contributed by atoms with Crippen molar-refractivity contribution in [1.82, 2.24) is 4.90 Å². The highest BCUT2D eigenvalue weighted by Gasteiger charge is 2.30.